The molecule has 0 aromatic carbocycles. The number of nitrogens with one attached hydrogen (secondary N) is 1. The second-order valence-corrected chi connectivity index (χ2v) is 4.52. The van der Waals surface area contributed by atoms with Crippen LogP contribution >= 0.6 is 0 Å². The van der Waals surface area contributed by atoms with Crippen molar-refractivity contribution in [2.75, 3.05) is 13.7 Å². The highest BCUT2D eigenvalue weighted by atomic mass is 16.5. The fourth-order valence-electron chi connectivity index (χ4n) is 2.07. The number of aryl methyl sites for hydroxylation is 1. The zero-order valence-corrected chi connectivity index (χ0v) is 12.2. The Labute approximate surface area is 119 Å². The molecule has 1 N–H and O–H groups in total. The molecule has 108 valence electrons. The average molecular weight is 275 g/mol. The molecule has 2 aromatic heterocycles. The summed E-state index contributed by atoms with van der Waals surface area (Å²) in [6.07, 6.45) is 4.82. The topological polar surface area (TPSA) is 64.9 Å². The Hall–Kier alpha value is -1.95. The molecule has 6 heteroatoms. The first-order valence-electron chi connectivity index (χ1n) is 6.89. The van der Waals surface area contributed by atoms with Crippen molar-refractivity contribution in [3.8, 4) is 5.88 Å². The second-order valence-electron chi connectivity index (χ2n) is 4.52. The van der Waals surface area contributed by atoms with Gasteiger partial charge in [-0.05, 0) is 31.5 Å². The van der Waals surface area contributed by atoms with Crippen LogP contribution < -0.4 is 10.1 Å². The summed E-state index contributed by atoms with van der Waals surface area (Å²) in [5, 5.41) is 16.0. The molecule has 0 saturated carbocycles. The van der Waals surface area contributed by atoms with Crippen LogP contribution in [0.4, 0.5) is 0 Å². The summed E-state index contributed by atoms with van der Waals surface area (Å²) in [6.45, 7) is 5.92. The molecule has 0 spiro atoms. The smallest absolute Gasteiger partial charge is 0.233 e. The molecule has 0 aliphatic heterocycles. The van der Waals surface area contributed by atoms with Gasteiger partial charge in [-0.1, -0.05) is 6.92 Å². The van der Waals surface area contributed by atoms with Crippen molar-refractivity contribution in [3.05, 3.63) is 35.8 Å². The van der Waals surface area contributed by atoms with Crippen molar-refractivity contribution in [1.82, 2.24) is 25.3 Å². The van der Waals surface area contributed by atoms with Gasteiger partial charge in [0.1, 0.15) is 0 Å². The third kappa shape index (κ3) is 3.54. The summed E-state index contributed by atoms with van der Waals surface area (Å²) >= 11 is 0. The van der Waals surface area contributed by atoms with Gasteiger partial charge in [0, 0.05) is 18.8 Å². The first kappa shape index (κ1) is 14.5. The lowest BCUT2D eigenvalue weighted by molar-refractivity contribution is 0.389. The van der Waals surface area contributed by atoms with Crippen LogP contribution in [0.5, 0.6) is 5.88 Å². The first-order valence-corrected chi connectivity index (χ1v) is 6.89. The highest BCUT2D eigenvalue weighted by Gasteiger charge is 2.14. The molecule has 20 heavy (non-hydrogen) atoms. The van der Waals surface area contributed by atoms with Crippen LogP contribution in [0.2, 0.25) is 0 Å². The van der Waals surface area contributed by atoms with Crippen LogP contribution in [-0.2, 0) is 13.0 Å². The fraction of sp³-hybridized carbons (Fsp3) is 0.500. The van der Waals surface area contributed by atoms with E-state index in [1.54, 1.807) is 7.11 Å². The van der Waals surface area contributed by atoms with E-state index in [0.29, 0.717) is 5.88 Å². The van der Waals surface area contributed by atoms with Gasteiger partial charge in [-0.3, -0.25) is 4.68 Å². The minimum Gasteiger partial charge on any atom is -0.480 e. The summed E-state index contributed by atoms with van der Waals surface area (Å²) < 4.78 is 6.97. The normalized spacial score (nSPS) is 12.3. The lowest BCUT2D eigenvalue weighted by Gasteiger charge is -2.16. The lowest BCUT2D eigenvalue weighted by atomic mass is 10.1. The van der Waals surface area contributed by atoms with Crippen LogP contribution in [0.3, 0.4) is 0 Å². The molecule has 0 amide bonds. The van der Waals surface area contributed by atoms with Gasteiger partial charge in [0.25, 0.3) is 0 Å². The summed E-state index contributed by atoms with van der Waals surface area (Å²) in [5.41, 5.74) is 2.10. The Morgan fingerprint density at radius 2 is 2.15 bits per heavy atom. The zero-order chi connectivity index (χ0) is 14.4. The van der Waals surface area contributed by atoms with Crippen LogP contribution in [-0.4, -0.2) is 33.6 Å². The summed E-state index contributed by atoms with van der Waals surface area (Å²) in [4.78, 5) is 0. The van der Waals surface area contributed by atoms with E-state index in [1.165, 1.54) is 5.56 Å². The summed E-state index contributed by atoms with van der Waals surface area (Å²) in [7, 11) is 1.59. The lowest BCUT2D eigenvalue weighted by Crippen LogP contribution is -2.24. The van der Waals surface area contributed by atoms with E-state index in [1.807, 2.05) is 23.0 Å². The minimum atomic E-state index is 0.132. The van der Waals surface area contributed by atoms with Crippen molar-refractivity contribution in [2.24, 2.45) is 0 Å². The van der Waals surface area contributed by atoms with Gasteiger partial charge >= 0.3 is 0 Å². The number of aromatic nitrogens is 4. The number of nitrogens with zero attached hydrogens (tertiary/aromatic N) is 4. The molecule has 0 aliphatic carbocycles. The highest BCUT2D eigenvalue weighted by Crippen LogP contribution is 2.17. The van der Waals surface area contributed by atoms with Gasteiger partial charge in [0.05, 0.1) is 25.0 Å². The fourth-order valence-corrected chi connectivity index (χ4v) is 2.07. The Bertz CT molecular complexity index is 523. The van der Waals surface area contributed by atoms with Crippen LogP contribution in [0.15, 0.2) is 24.5 Å². The van der Waals surface area contributed by atoms with Crippen molar-refractivity contribution in [2.45, 2.75) is 32.9 Å². The number of hydrogen-bond donors (Lipinski definition) is 1. The van der Waals surface area contributed by atoms with Crippen molar-refractivity contribution in [3.63, 3.8) is 0 Å². The van der Waals surface area contributed by atoms with Crippen LogP contribution in [0.1, 0.15) is 31.1 Å². The number of likely N-dealkylation sites (N-methyl/N-ethyl adjacent to an activating group) is 1. The number of hydrogen-bond acceptors (Lipinski definition) is 5. The van der Waals surface area contributed by atoms with Crippen molar-refractivity contribution in [1.29, 1.82) is 0 Å². The molecule has 0 saturated heterocycles. The molecule has 0 fully saturated rings. The molecule has 0 radical (unpaired) electrons. The molecule has 0 aliphatic rings. The van der Waals surface area contributed by atoms with E-state index in [4.69, 9.17) is 4.74 Å². The standard InChI is InChI=1S/C14H21N5O/c1-4-15-13(8-11-9-16-19(5-2)10-11)12-6-7-14(20-3)18-17-12/h6-7,9-10,13,15H,4-5,8H2,1-3H3. The Balaban J connectivity index is 2.12. The van der Waals surface area contributed by atoms with Crippen LogP contribution in [0, 0.1) is 0 Å². The molecule has 1 unspecified atom stereocenters. The van der Waals surface area contributed by atoms with E-state index < -0.39 is 0 Å². The maximum atomic E-state index is 5.04. The third-order valence-electron chi connectivity index (χ3n) is 3.13. The Morgan fingerprint density at radius 3 is 2.70 bits per heavy atom. The van der Waals surface area contributed by atoms with E-state index >= 15 is 0 Å². The van der Waals surface area contributed by atoms with Gasteiger partial charge in [-0.25, -0.2) is 0 Å². The van der Waals surface area contributed by atoms with Gasteiger partial charge in [-0.15, -0.1) is 5.10 Å². The molecular weight excluding hydrogens is 254 g/mol. The van der Waals surface area contributed by atoms with Crippen molar-refractivity contribution < 1.29 is 4.74 Å². The first-order chi connectivity index (χ1) is 9.76. The number of methoxy groups -OCH3 is 1. The molecule has 1 atom stereocenters. The van der Waals surface area contributed by atoms with Gasteiger partial charge < -0.3 is 10.1 Å². The zero-order valence-electron chi connectivity index (χ0n) is 12.2. The summed E-state index contributed by atoms with van der Waals surface area (Å²) in [6, 6.07) is 3.92. The molecule has 2 rings (SSSR count). The predicted octanol–water partition coefficient (Wildman–Crippen LogP) is 1.59. The van der Waals surface area contributed by atoms with E-state index in [0.717, 1.165) is 25.2 Å². The summed E-state index contributed by atoms with van der Waals surface area (Å²) in [5.74, 6) is 0.530. The average Bonchev–Trinajstić information content (AvgIpc) is 2.95. The number of ether oxygens (including phenoxy) is 1. The maximum absolute atomic E-state index is 5.04. The van der Waals surface area contributed by atoms with E-state index in [-0.39, 0.29) is 6.04 Å². The number of rotatable bonds is 7. The Kier molecular flexibility index (Phi) is 5.06. The Morgan fingerprint density at radius 1 is 1.30 bits per heavy atom. The SMILES string of the molecule is CCNC(Cc1cnn(CC)c1)c1ccc(OC)nn1. The van der Waals surface area contributed by atoms with Gasteiger partial charge in [0.15, 0.2) is 0 Å². The molecule has 2 aromatic rings. The minimum absolute atomic E-state index is 0.132. The van der Waals surface area contributed by atoms with Gasteiger partial charge in [0.2, 0.25) is 5.88 Å². The maximum Gasteiger partial charge on any atom is 0.233 e. The molecule has 6 nitrogen and oxygen atoms in total. The van der Waals surface area contributed by atoms with E-state index in [2.05, 4.69) is 40.7 Å². The highest BCUT2D eigenvalue weighted by molar-refractivity contribution is 5.17. The largest absolute Gasteiger partial charge is 0.480 e. The third-order valence-corrected chi connectivity index (χ3v) is 3.13. The van der Waals surface area contributed by atoms with E-state index in [9.17, 15) is 0 Å². The quantitative estimate of drug-likeness (QED) is 0.831. The molecule has 2 heterocycles. The molecular formula is C14H21N5O. The molecule has 0 bridgehead atoms. The van der Waals surface area contributed by atoms with Crippen LogP contribution in [0.25, 0.3) is 0 Å². The monoisotopic (exact) mass is 275 g/mol. The predicted molar refractivity (Wildman–Crippen MR) is 76.6 cm³/mol. The second kappa shape index (κ2) is 7.00. The van der Waals surface area contributed by atoms with Gasteiger partial charge in [-0.2, -0.15) is 10.2 Å². The van der Waals surface area contributed by atoms with Crippen molar-refractivity contribution >= 4 is 0 Å².